The molecule has 10 heteroatoms. The monoisotopic (exact) mass is 553 g/mol. The molecule has 0 spiro atoms. The second-order valence-electron chi connectivity index (χ2n) is 9.32. The highest BCUT2D eigenvalue weighted by molar-refractivity contribution is 9.10. The van der Waals surface area contributed by atoms with Crippen molar-refractivity contribution in [3.05, 3.63) is 63.6 Å². The zero-order valence-corrected chi connectivity index (χ0v) is 20.1. The molecule has 2 fully saturated rings. The van der Waals surface area contributed by atoms with Gasteiger partial charge in [0.15, 0.2) is 34.7 Å². The molecule has 184 valence electrons. The molecule has 36 heavy (non-hydrogen) atoms. The molecule has 2 saturated carbocycles. The quantitative estimate of drug-likeness (QED) is 0.399. The number of benzene rings is 2. The molecule has 1 amide bonds. The molecule has 0 aliphatic heterocycles. The lowest BCUT2D eigenvalue weighted by Gasteiger charge is -2.51. The van der Waals surface area contributed by atoms with Crippen molar-refractivity contribution >= 4 is 56.6 Å². The van der Waals surface area contributed by atoms with E-state index in [1.807, 2.05) is 0 Å². The van der Waals surface area contributed by atoms with Crippen LogP contribution in [-0.2, 0) is 19.2 Å². The molecule has 0 aromatic heterocycles. The lowest BCUT2D eigenvalue weighted by atomic mass is 9.51. The minimum atomic E-state index is -2.96. The van der Waals surface area contributed by atoms with Gasteiger partial charge in [0.05, 0.1) is 17.6 Å². The highest BCUT2D eigenvalue weighted by Gasteiger charge is 2.69. The number of ketones is 4. The minimum Gasteiger partial charge on any atom is -0.507 e. The fourth-order valence-corrected chi connectivity index (χ4v) is 6.04. The highest BCUT2D eigenvalue weighted by atomic mass is 79.9. The van der Waals surface area contributed by atoms with Crippen molar-refractivity contribution in [1.29, 1.82) is 0 Å². The summed E-state index contributed by atoms with van der Waals surface area (Å²) in [6.45, 7) is 0. The highest BCUT2D eigenvalue weighted by Crippen LogP contribution is 2.54. The van der Waals surface area contributed by atoms with Crippen LogP contribution < -0.4 is 5.73 Å². The fourth-order valence-electron chi connectivity index (χ4n) is 5.77. The van der Waals surface area contributed by atoms with E-state index in [-0.39, 0.29) is 11.1 Å². The van der Waals surface area contributed by atoms with Crippen LogP contribution in [-0.4, -0.2) is 56.1 Å². The van der Waals surface area contributed by atoms with E-state index in [0.29, 0.717) is 11.1 Å². The van der Waals surface area contributed by atoms with Crippen LogP contribution in [0, 0.1) is 23.7 Å². The number of phenolic OH excluding ortho intramolecular Hbond substituents is 1. The summed E-state index contributed by atoms with van der Waals surface area (Å²) in [5, 5.41) is 33.3. The van der Waals surface area contributed by atoms with Crippen molar-refractivity contribution in [2.45, 2.75) is 18.1 Å². The number of hydrogen-bond acceptors (Lipinski definition) is 8. The van der Waals surface area contributed by atoms with Gasteiger partial charge < -0.3 is 21.1 Å². The Labute approximate surface area is 212 Å². The summed E-state index contributed by atoms with van der Waals surface area (Å²) in [5.41, 5.74) is 3.31. The van der Waals surface area contributed by atoms with E-state index in [4.69, 9.17) is 5.73 Å². The summed E-state index contributed by atoms with van der Waals surface area (Å²) in [4.78, 5) is 64.8. The lowest BCUT2D eigenvalue weighted by Crippen LogP contribution is -2.72. The topological polar surface area (TPSA) is 172 Å². The third-order valence-corrected chi connectivity index (χ3v) is 7.96. The number of hydrogen-bond donors (Lipinski definition) is 4. The van der Waals surface area contributed by atoms with Crippen LogP contribution in [0.3, 0.4) is 0 Å². The zero-order chi connectivity index (χ0) is 26.1. The van der Waals surface area contributed by atoms with Crippen molar-refractivity contribution < 1.29 is 39.3 Å². The predicted octanol–water partition coefficient (Wildman–Crippen LogP) is 1.06. The molecular weight excluding hydrogens is 534 g/mol. The average molecular weight is 554 g/mol. The van der Waals surface area contributed by atoms with Crippen LogP contribution in [0.2, 0.25) is 0 Å². The first-order valence-electron chi connectivity index (χ1n) is 11.1. The number of carbonyl (C=O) groups is 5. The van der Waals surface area contributed by atoms with Gasteiger partial charge in [-0.2, -0.15) is 0 Å². The molecule has 3 aliphatic rings. The smallest absolute Gasteiger partial charge is 0.235 e. The summed E-state index contributed by atoms with van der Waals surface area (Å²) >= 11 is 3.35. The zero-order valence-electron chi connectivity index (χ0n) is 18.6. The van der Waals surface area contributed by atoms with Gasteiger partial charge in [-0.15, -0.1) is 0 Å². The maximum absolute atomic E-state index is 13.7. The number of aliphatic hydroxyl groups excluding tert-OH is 1. The Morgan fingerprint density at radius 2 is 1.72 bits per heavy atom. The molecule has 3 aliphatic carbocycles. The molecule has 0 saturated heterocycles. The normalized spacial score (nSPS) is 32.6. The van der Waals surface area contributed by atoms with Gasteiger partial charge in [-0.3, -0.25) is 24.0 Å². The van der Waals surface area contributed by atoms with Crippen LogP contribution in [0.15, 0.2) is 46.9 Å². The Kier molecular flexibility index (Phi) is 5.58. The van der Waals surface area contributed by atoms with E-state index in [0.717, 1.165) is 4.47 Å². The SMILES string of the molecule is NC(=O)C1C(=O)C[C@@H]2[C@@H](O)[C@@H]3C(=Cc4ccc(Br)cc4)c4cccc(O)c4C(=O)C3C(=O)[C@]2(O)C1=O. The molecule has 2 aromatic rings. The van der Waals surface area contributed by atoms with Gasteiger partial charge in [-0.05, 0) is 34.9 Å². The van der Waals surface area contributed by atoms with E-state index in [1.54, 1.807) is 36.4 Å². The summed E-state index contributed by atoms with van der Waals surface area (Å²) in [5.74, 6) is -12.8. The van der Waals surface area contributed by atoms with Gasteiger partial charge in [-0.25, -0.2) is 0 Å². The van der Waals surface area contributed by atoms with Gasteiger partial charge in [0.1, 0.15) is 5.75 Å². The van der Waals surface area contributed by atoms with Gasteiger partial charge in [0.25, 0.3) is 0 Å². The Morgan fingerprint density at radius 1 is 1.06 bits per heavy atom. The van der Waals surface area contributed by atoms with Crippen molar-refractivity contribution in [3.8, 4) is 5.75 Å². The maximum atomic E-state index is 13.7. The Morgan fingerprint density at radius 3 is 2.36 bits per heavy atom. The second-order valence-corrected chi connectivity index (χ2v) is 10.2. The molecule has 0 heterocycles. The number of nitrogens with two attached hydrogens (primary N) is 1. The van der Waals surface area contributed by atoms with Crippen LogP contribution in [0.1, 0.15) is 27.9 Å². The molecule has 5 N–H and O–H groups in total. The lowest BCUT2D eigenvalue weighted by molar-refractivity contribution is -0.185. The predicted molar refractivity (Wildman–Crippen MR) is 128 cm³/mol. The number of primary amides is 1. The van der Waals surface area contributed by atoms with Crippen molar-refractivity contribution in [2.75, 3.05) is 0 Å². The molecule has 0 radical (unpaired) electrons. The van der Waals surface area contributed by atoms with Crippen molar-refractivity contribution in [2.24, 2.45) is 29.4 Å². The second kappa shape index (κ2) is 8.29. The molecular formula is C26H20BrNO8. The van der Waals surface area contributed by atoms with Gasteiger partial charge in [0, 0.05) is 22.7 Å². The minimum absolute atomic E-state index is 0.185. The first kappa shape index (κ1) is 24.2. The standard InChI is InChI=1S/C26H20BrNO8/c27-11-6-4-10(5-7-11)8-13-12-2-1-3-15(29)17(12)22(32)20-18(13)21(31)14-9-16(30)19(25(28)35)23(33)26(14,36)24(20)34/h1-8,14,18-21,29,31,36H,9H2,(H2,28,35)/t14-,18-,19?,20?,21-,26-/m1/s1. The van der Waals surface area contributed by atoms with Crippen LogP contribution >= 0.6 is 15.9 Å². The van der Waals surface area contributed by atoms with E-state index in [9.17, 15) is 39.3 Å². The van der Waals surface area contributed by atoms with E-state index < -0.39 is 76.6 Å². The first-order valence-corrected chi connectivity index (χ1v) is 11.9. The summed E-state index contributed by atoms with van der Waals surface area (Å²) in [7, 11) is 0. The summed E-state index contributed by atoms with van der Waals surface area (Å²) < 4.78 is 0.806. The number of aromatic hydroxyl groups is 1. The first-order chi connectivity index (χ1) is 17.0. The van der Waals surface area contributed by atoms with Gasteiger partial charge in [-0.1, -0.05) is 46.3 Å². The number of amides is 1. The number of aliphatic hydroxyl groups is 2. The number of Topliss-reactive ketones (excluding diaryl/α,β-unsaturated/α-hetero) is 4. The number of rotatable bonds is 2. The Balaban J connectivity index is 1.74. The molecule has 9 nitrogen and oxygen atoms in total. The molecule has 6 atom stereocenters. The van der Waals surface area contributed by atoms with Crippen LogP contribution in [0.25, 0.3) is 11.6 Å². The van der Waals surface area contributed by atoms with E-state index >= 15 is 0 Å². The van der Waals surface area contributed by atoms with Gasteiger partial charge >= 0.3 is 0 Å². The Bertz CT molecular complexity index is 1400. The van der Waals surface area contributed by atoms with Crippen molar-refractivity contribution in [3.63, 3.8) is 0 Å². The van der Waals surface area contributed by atoms with Crippen LogP contribution in [0.5, 0.6) is 5.75 Å². The number of halogens is 1. The number of phenols is 1. The molecule has 2 aromatic carbocycles. The molecule has 5 rings (SSSR count). The van der Waals surface area contributed by atoms with Gasteiger partial charge in [0.2, 0.25) is 5.91 Å². The summed E-state index contributed by atoms with van der Waals surface area (Å²) in [6, 6.07) is 11.4. The summed E-state index contributed by atoms with van der Waals surface area (Å²) in [6.07, 6.45) is -0.687. The van der Waals surface area contributed by atoms with Crippen LogP contribution in [0.4, 0.5) is 0 Å². The third-order valence-electron chi connectivity index (χ3n) is 7.43. The van der Waals surface area contributed by atoms with E-state index in [1.165, 1.54) is 12.1 Å². The van der Waals surface area contributed by atoms with Crippen molar-refractivity contribution in [1.82, 2.24) is 0 Å². The maximum Gasteiger partial charge on any atom is 0.235 e. The third kappa shape index (κ3) is 3.25. The fraction of sp³-hybridized carbons (Fsp3) is 0.269. The molecule has 0 bridgehead atoms. The number of carbonyl (C=O) groups excluding carboxylic acids is 5. The Hall–Kier alpha value is -3.47. The molecule has 2 unspecified atom stereocenters. The average Bonchev–Trinajstić information content (AvgIpc) is 2.82. The largest absolute Gasteiger partial charge is 0.507 e. The number of fused-ring (bicyclic) bond motifs is 3. The van der Waals surface area contributed by atoms with E-state index in [2.05, 4.69) is 15.9 Å².